The minimum absolute atomic E-state index is 0.000731. The number of aryl methyl sites for hydroxylation is 2. The molecule has 1 aliphatic rings. The van der Waals surface area contributed by atoms with Crippen LogP contribution in [0.15, 0.2) is 24.3 Å². The molecule has 0 spiro atoms. The Morgan fingerprint density at radius 2 is 1.90 bits per heavy atom. The molecule has 6 nitrogen and oxygen atoms in total. The molecule has 1 amide bonds. The van der Waals surface area contributed by atoms with Gasteiger partial charge in [-0.1, -0.05) is 26.3 Å². The molecule has 1 N–H and O–H groups in total. The summed E-state index contributed by atoms with van der Waals surface area (Å²) in [5.74, 6) is 1.39. The number of morpholine rings is 1. The van der Waals surface area contributed by atoms with Crippen LogP contribution in [0.2, 0.25) is 0 Å². The highest BCUT2D eigenvalue weighted by Gasteiger charge is 2.25. The Balaban J connectivity index is 1.78. The second kappa shape index (κ2) is 11.5. The molecule has 1 aromatic heterocycles. The number of carbonyl (C=O) groups is 1. The number of ether oxygens (including phenoxy) is 3. The molecule has 0 aliphatic carbocycles. The molecule has 1 fully saturated rings. The Labute approximate surface area is 189 Å². The third-order valence-electron chi connectivity index (χ3n) is 5.71. The van der Waals surface area contributed by atoms with Crippen LogP contribution in [0.4, 0.5) is 0 Å². The van der Waals surface area contributed by atoms with Crippen LogP contribution in [0, 0.1) is 0 Å². The molecule has 7 heteroatoms. The van der Waals surface area contributed by atoms with Gasteiger partial charge in [-0.05, 0) is 42.2 Å². The van der Waals surface area contributed by atoms with Crippen molar-refractivity contribution in [3.63, 3.8) is 0 Å². The van der Waals surface area contributed by atoms with Crippen LogP contribution in [0.5, 0.6) is 11.5 Å². The van der Waals surface area contributed by atoms with E-state index >= 15 is 0 Å². The van der Waals surface area contributed by atoms with Crippen LogP contribution < -0.4 is 14.8 Å². The van der Waals surface area contributed by atoms with Crippen molar-refractivity contribution in [1.29, 1.82) is 0 Å². The lowest BCUT2D eigenvalue weighted by molar-refractivity contribution is 0.0162. The van der Waals surface area contributed by atoms with Crippen molar-refractivity contribution in [3.05, 3.63) is 45.1 Å². The molecule has 2 heterocycles. The Hall–Kier alpha value is -2.09. The van der Waals surface area contributed by atoms with E-state index in [2.05, 4.69) is 30.1 Å². The van der Waals surface area contributed by atoms with Crippen molar-refractivity contribution in [2.24, 2.45) is 0 Å². The van der Waals surface area contributed by atoms with Crippen molar-refractivity contribution in [2.45, 2.75) is 39.2 Å². The number of rotatable bonds is 10. The third kappa shape index (κ3) is 5.79. The summed E-state index contributed by atoms with van der Waals surface area (Å²) in [6, 6.07) is 8.07. The minimum Gasteiger partial charge on any atom is -0.493 e. The van der Waals surface area contributed by atoms with Crippen LogP contribution >= 0.6 is 11.3 Å². The first kappa shape index (κ1) is 23.6. The molecule has 170 valence electrons. The Bertz CT molecular complexity index is 861. The Kier molecular flexibility index (Phi) is 8.75. The molecule has 1 aliphatic heterocycles. The van der Waals surface area contributed by atoms with Crippen LogP contribution in [0.3, 0.4) is 0 Å². The van der Waals surface area contributed by atoms with E-state index in [-0.39, 0.29) is 11.9 Å². The zero-order valence-corrected chi connectivity index (χ0v) is 19.8. The molecule has 0 saturated carbocycles. The average molecular weight is 447 g/mol. The van der Waals surface area contributed by atoms with E-state index in [1.54, 1.807) is 25.6 Å². The van der Waals surface area contributed by atoms with E-state index in [0.717, 1.165) is 42.8 Å². The smallest absolute Gasteiger partial charge is 0.261 e. The van der Waals surface area contributed by atoms with Crippen LogP contribution in [-0.2, 0) is 17.6 Å². The van der Waals surface area contributed by atoms with Crippen molar-refractivity contribution in [3.8, 4) is 11.5 Å². The number of benzene rings is 1. The standard InChI is InChI=1S/C24H34N2O4S/c1-5-7-22-17(6-2)15-23(31-22)24(27)25-16-19(26-10-12-30-13-11-26)18-8-9-20(28-3)21(14-18)29-4/h8-9,14-15,19H,5-7,10-13,16H2,1-4H3,(H,25,27). The van der Waals surface area contributed by atoms with Gasteiger partial charge in [0.2, 0.25) is 0 Å². The zero-order chi connectivity index (χ0) is 22.2. The summed E-state index contributed by atoms with van der Waals surface area (Å²) in [5.41, 5.74) is 2.38. The maximum absolute atomic E-state index is 13.0. The monoisotopic (exact) mass is 446 g/mol. The molecule has 31 heavy (non-hydrogen) atoms. The van der Waals surface area contributed by atoms with Gasteiger partial charge in [0.05, 0.1) is 38.4 Å². The van der Waals surface area contributed by atoms with E-state index in [1.807, 2.05) is 18.2 Å². The molecule has 1 aromatic carbocycles. The fourth-order valence-corrected chi connectivity index (χ4v) is 5.27. The predicted molar refractivity (Wildman–Crippen MR) is 125 cm³/mol. The molecule has 1 unspecified atom stereocenters. The van der Waals surface area contributed by atoms with Crippen molar-refractivity contribution in [2.75, 3.05) is 47.1 Å². The SMILES string of the molecule is CCCc1sc(C(=O)NCC(c2ccc(OC)c(OC)c2)N2CCOCC2)cc1CC. The van der Waals surface area contributed by atoms with Crippen LogP contribution in [0.1, 0.15) is 52.0 Å². The second-order valence-electron chi connectivity index (χ2n) is 7.65. The number of methoxy groups -OCH3 is 2. The molecular weight excluding hydrogens is 412 g/mol. The van der Waals surface area contributed by atoms with Crippen LogP contribution in [-0.4, -0.2) is 57.9 Å². The van der Waals surface area contributed by atoms with E-state index in [1.165, 1.54) is 10.4 Å². The molecule has 1 atom stereocenters. The Morgan fingerprint density at radius 1 is 1.16 bits per heavy atom. The zero-order valence-electron chi connectivity index (χ0n) is 19.0. The topological polar surface area (TPSA) is 60.0 Å². The summed E-state index contributed by atoms with van der Waals surface area (Å²) in [7, 11) is 3.28. The molecular formula is C24H34N2O4S. The van der Waals surface area contributed by atoms with Gasteiger partial charge in [-0.3, -0.25) is 9.69 Å². The highest BCUT2D eigenvalue weighted by molar-refractivity contribution is 7.14. The maximum atomic E-state index is 13.0. The predicted octanol–water partition coefficient (Wildman–Crippen LogP) is 4.08. The highest BCUT2D eigenvalue weighted by atomic mass is 32.1. The lowest BCUT2D eigenvalue weighted by atomic mass is 10.0. The van der Waals surface area contributed by atoms with E-state index < -0.39 is 0 Å². The largest absolute Gasteiger partial charge is 0.493 e. The lowest BCUT2D eigenvalue weighted by Crippen LogP contribution is -2.43. The molecule has 2 aromatic rings. The van der Waals surface area contributed by atoms with Gasteiger partial charge in [0.25, 0.3) is 5.91 Å². The van der Waals surface area contributed by atoms with Gasteiger partial charge in [-0.15, -0.1) is 11.3 Å². The van der Waals surface area contributed by atoms with Gasteiger partial charge in [0.15, 0.2) is 11.5 Å². The van der Waals surface area contributed by atoms with E-state index in [9.17, 15) is 4.79 Å². The number of hydrogen-bond acceptors (Lipinski definition) is 6. The van der Waals surface area contributed by atoms with Gasteiger partial charge < -0.3 is 19.5 Å². The summed E-state index contributed by atoms with van der Waals surface area (Å²) in [4.78, 5) is 17.5. The number of amides is 1. The molecule has 1 saturated heterocycles. The summed E-state index contributed by atoms with van der Waals surface area (Å²) in [6.07, 6.45) is 3.08. The molecule has 0 radical (unpaired) electrons. The third-order valence-corrected chi connectivity index (χ3v) is 6.95. The number of carbonyl (C=O) groups excluding carboxylic acids is 1. The van der Waals surface area contributed by atoms with Crippen LogP contribution in [0.25, 0.3) is 0 Å². The maximum Gasteiger partial charge on any atom is 0.261 e. The van der Waals surface area contributed by atoms with Crippen molar-refractivity contribution >= 4 is 17.2 Å². The summed E-state index contributed by atoms with van der Waals surface area (Å²) in [5, 5.41) is 3.18. The van der Waals surface area contributed by atoms with Crippen molar-refractivity contribution in [1.82, 2.24) is 10.2 Å². The first-order valence-corrected chi connectivity index (χ1v) is 11.9. The molecule has 3 rings (SSSR count). The normalized spacial score (nSPS) is 15.5. The first-order valence-electron chi connectivity index (χ1n) is 11.0. The van der Waals surface area contributed by atoms with Crippen molar-refractivity contribution < 1.29 is 19.0 Å². The molecule has 0 bridgehead atoms. The summed E-state index contributed by atoms with van der Waals surface area (Å²) < 4.78 is 16.4. The first-order chi connectivity index (χ1) is 15.1. The fourth-order valence-electron chi connectivity index (χ4n) is 4.00. The summed E-state index contributed by atoms with van der Waals surface area (Å²) >= 11 is 1.63. The average Bonchev–Trinajstić information content (AvgIpc) is 3.23. The van der Waals surface area contributed by atoms with E-state index in [4.69, 9.17) is 14.2 Å². The number of hydrogen-bond donors (Lipinski definition) is 1. The fraction of sp³-hybridized carbons (Fsp3) is 0.542. The second-order valence-corrected chi connectivity index (χ2v) is 8.79. The van der Waals surface area contributed by atoms with Gasteiger partial charge >= 0.3 is 0 Å². The quantitative estimate of drug-likeness (QED) is 0.596. The summed E-state index contributed by atoms with van der Waals surface area (Å²) in [6.45, 7) is 7.90. The number of nitrogens with zero attached hydrogens (tertiary/aromatic N) is 1. The van der Waals surface area contributed by atoms with Gasteiger partial charge in [0, 0.05) is 24.5 Å². The highest BCUT2D eigenvalue weighted by Crippen LogP contribution is 2.32. The number of nitrogens with one attached hydrogen (secondary N) is 1. The van der Waals surface area contributed by atoms with Gasteiger partial charge in [-0.25, -0.2) is 0 Å². The number of thiophene rings is 1. The lowest BCUT2D eigenvalue weighted by Gasteiger charge is -2.35. The van der Waals surface area contributed by atoms with E-state index in [0.29, 0.717) is 31.3 Å². The van der Waals surface area contributed by atoms with Gasteiger partial charge in [0.1, 0.15) is 0 Å². The Morgan fingerprint density at radius 3 is 2.55 bits per heavy atom. The minimum atomic E-state index is 0.000731. The van der Waals surface area contributed by atoms with Gasteiger partial charge in [-0.2, -0.15) is 0 Å².